The van der Waals surface area contributed by atoms with Gasteiger partial charge in [-0.15, -0.1) is 11.3 Å². The zero-order chi connectivity index (χ0) is 17.5. The van der Waals surface area contributed by atoms with Crippen LogP contribution in [0.3, 0.4) is 0 Å². The number of nitrogens with one attached hydrogen (secondary N) is 2. The van der Waals surface area contributed by atoms with Gasteiger partial charge in [0.05, 0.1) is 31.6 Å². The van der Waals surface area contributed by atoms with Gasteiger partial charge >= 0.3 is 0 Å². The average Bonchev–Trinajstić information content (AvgIpc) is 3.24. The Morgan fingerprint density at radius 2 is 1.96 bits per heavy atom. The second-order valence-corrected chi connectivity index (χ2v) is 8.38. The Labute approximate surface area is 156 Å². The molecule has 0 unspecified atom stereocenters. The standard InChI is InChI=1S/C20H22N4OS/c25-19-18-15-7-4-8-16(15)26-20(18)22-17(21-19)13-23-9-11-24(12-10-23)14-5-2-1-3-6-14/h1-3,5-6H,4,7-13H2,(H,21,22,25)/p+1. The molecule has 134 valence electrons. The molecule has 0 atom stereocenters. The van der Waals surface area contributed by atoms with Crippen molar-refractivity contribution in [1.29, 1.82) is 0 Å². The second kappa shape index (κ2) is 6.52. The zero-order valence-electron chi connectivity index (χ0n) is 14.8. The van der Waals surface area contributed by atoms with Crippen molar-refractivity contribution in [2.75, 3.05) is 31.1 Å². The van der Waals surface area contributed by atoms with E-state index in [0.717, 1.165) is 61.6 Å². The summed E-state index contributed by atoms with van der Waals surface area (Å²) in [6.07, 6.45) is 3.32. The average molecular weight is 367 g/mol. The minimum Gasteiger partial charge on any atom is -0.360 e. The predicted octanol–water partition coefficient (Wildman–Crippen LogP) is 1.38. The summed E-state index contributed by atoms with van der Waals surface area (Å²) in [5, 5.41) is 0.857. The fraction of sp³-hybridized carbons (Fsp3) is 0.400. The molecule has 1 fully saturated rings. The molecule has 2 aliphatic rings. The Morgan fingerprint density at radius 1 is 1.15 bits per heavy atom. The van der Waals surface area contributed by atoms with Crippen molar-refractivity contribution in [3.63, 3.8) is 0 Å². The number of hydrogen-bond acceptors (Lipinski definition) is 4. The van der Waals surface area contributed by atoms with Crippen LogP contribution in [0.1, 0.15) is 22.7 Å². The Balaban J connectivity index is 1.31. The third-order valence-corrected chi connectivity index (χ3v) is 6.82. The van der Waals surface area contributed by atoms with Crippen LogP contribution in [0.5, 0.6) is 0 Å². The minimum absolute atomic E-state index is 0.0618. The topological polar surface area (TPSA) is 53.4 Å². The molecule has 3 aromatic rings. The van der Waals surface area contributed by atoms with E-state index < -0.39 is 0 Å². The van der Waals surface area contributed by atoms with Crippen LogP contribution in [0, 0.1) is 0 Å². The lowest BCUT2D eigenvalue weighted by Crippen LogP contribution is -3.13. The smallest absolute Gasteiger partial charge is 0.260 e. The van der Waals surface area contributed by atoms with Gasteiger partial charge in [-0.3, -0.25) is 4.79 Å². The number of aryl methyl sites for hydroxylation is 2. The van der Waals surface area contributed by atoms with Gasteiger partial charge in [-0.1, -0.05) is 18.2 Å². The van der Waals surface area contributed by atoms with Crippen molar-refractivity contribution in [2.45, 2.75) is 25.8 Å². The van der Waals surface area contributed by atoms with Crippen molar-refractivity contribution >= 4 is 27.2 Å². The monoisotopic (exact) mass is 367 g/mol. The minimum atomic E-state index is 0.0618. The van der Waals surface area contributed by atoms with E-state index >= 15 is 0 Å². The lowest BCUT2D eigenvalue weighted by Gasteiger charge is -2.33. The number of rotatable bonds is 3. The lowest BCUT2D eigenvalue weighted by molar-refractivity contribution is -0.915. The van der Waals surface area contributed by atoms with Crippen molar-refractivity contribution < 1.29 is 4.90 Å². The zero-order valence-corrected chi connectivity index (χ0v) is 15.6. The number of H-pyrrole nitrogens is 1. The molecule has 5 nitrogen and oxygen atoms in total. The maximum absolute atomic E-state index is 12.6. The number of aromatic amines is 1. The Bertz CT molecular complexity index is 986. The summed E-state index contributed by atoms with van der Waals surface area (Å²) in [7, 11) is 0. The molecular formula is C20H23N4OS+. The van der Waals surface area contributed by atoms with E-state index in [1.54, 1.807) is 11.3 Å². The first-order valence-corrected chi connectivity index (χ1v) is 10.3. The lowest BCUT2D eigenvalue weighted by atomic mass is 10.2. The van der Waals surface area contributed by atoms with E-state index in [4.69, 9.17) is 4.98 Å². The van der Waals surface area contributed by atoms with Crippen LogP contribution in [-0.2, 0) is 19.4 Å². The highest BCUT2D eigenvalue weighted by Crippen LogP contribution is 2.34. The number of piperazine rings is 1. The van der Waals surface area contributed by atoms with E-state index in [1.165, 1.54) is 27.4 Å². The highest BCUT2D eigenvalue weighted by molar-refractivity contribution is 7.18. The molecule has 5 rings (SSSR count). The van der Waals surface area contributed by atoms with E-state index in [-0.39, 0.29) is 5.56 Å². The molecule has 3 heterocycles. The summed E-state index contributed by atoms with van der Waals surface area (Å²) in [5.74, 6) is 0.839. The van der Waals surface area contributed by atoms with Gasteiger partial charge in [0, 0.05) is 10.6 Å². The number of anilines is 1. The number of para-hydroxylation sites is 1. The normalized spacial score (nSPS) is 17.8. The van der Waals surface area contributed by atoms with Crippen LogP contribution in [-0.4, -0.2) is 36.1 Å². The van der Waals surface area contributed by atoms with E-state index in [9.17, 15) is 4.79 Å². The molecule has 1 aliphatic carbocycles. The Kier molecular flexibility index (Phi) is 4.02. The molecule has 1 saturated heterocycles. The molecule has 1 aromatic carbocycles. The number of aromatic nitrogens is 2. The third kappa shape index (κ3) is 2.83. The molecule has 0 amide bonds. The van der Waals surface area contributed by atoms with Crippen molar-refractivity contribution in [3.05, 3.63) is 57.0 Å². The summed E-state index contributed by atoms with van der Waals surface area (Å²) >= 11 is 1.73. The van der Waals surface area contributed by atoms with Gasteiger partial charge in [0.25, 0.3) is 5.56 Å². The summed E-state index contributed by atoms with van der Waals surface area (Å²) in [6.45, 7) is 5.02. The molecular weight excluding hydrogens is 344 g/mol. The summed E-state index contributed by atoms with van der Waals surface area (Å²) in [6, 6.07) is 10.6. The molecule has 0 bridgehead atoms. The predicted molar refractivity (Wildman–Crippen MR) is 105 cm³/mol. The van der Waals surface area contributed by atoms with Gasteiger partial charge in [0.1, 0.15) is 11.4 Å². The largest absolute Gasteiger partial charge is 0.360 e. The van der Waals surface area contributed by atoms with Gasteiger partial charge in [0.2, 0.25) is 0 Å². The number of fused-ring (bicyclic) bond motifs is 3. The van der Waals surface area contributed by atoms with Crippen molar-refractivity contribution in [3.8, 4) is 0 Å². The first-order valence-electron chi connectivity index (χ1n) is 9.45. The van der Waals surface area contributed by atoms with Gasteiger partial charge < -0.3 is 14.8 Å². The van der Waals surface area contributed by atoms with E-state index in [0.29, 0.717) is 0 Å². The van der Waals surface area contributed by atoms with Gasteiger partial charge in [-0.05, 0) is 37.0 Å². The number of benzene rings is 1. The highest BCUT2D eigenvalue weighted by atomic mass is 32.1. The number of quaternary nitrogens is 1. The van der Waals surface area contributed by atoms with E-state index in [1.807, 2.05) is 0 Å². The molecule has 0 spiro atoms. The SMILES string of the molecule is O=c1[nH]c(C[NH+]2CCN(c3ccccc3)CC2)nc2sc3c(c12)CCC3. The third-order valence-electron chi connectivity index (χ3n) is 5.63. The van der Waals surface area contributed by atoms with Crippen molar-refractivity contribution in [1.82, 2.24) is 9.97 Å². The number of hydrogen-bond donors (Lipinski definition) is 2. The number of nitrogens with zero attached hydrogens (tertiary/aromatic N) is 2. The first kappa shape index (κ1) is 16.0. The van der Waals surface area contributed by atoms with Crippen LogP contribution in [0.4, 0.5) is 5.69 Å². The molecule has 2 aromatic heterocycles. The Morgan fingerprint density at radius 3 is 2.77 bits per heavy atom. The molecule has 0 radical (unpaired) electrons. The summed E-state index contributed by atoms with van der Waals surface area (Å²) in [4.78, 5) is 26.7. The Hall–Kier alpha value is -2.18. The second-order valence-electron chi connectivity index (χ2n) is 7.30. The maximum Gasteiger partial charge on any atom is 0.260 e. The molecule has 1 aliphatic heterocycles. The van der Waals surface area contributed by atoms with Crippen molar-refractivity contribution in [2.24, 2.45) is 0 Å². The van der Waals surface area contributed by atoms with Crippen LogP contribution in [0.15, 0.2) is 35.1 Å². The first-order chi connectivity index (χ1) is 12.8. The number of thiophene rings is 1. The highest BCUT2D eigenvalue weighted by Gasteiger charge is 2.24. The fourth-order valence-corrected chi connectivity index (χ4v) is 5.55. The van der Waals surface area contributed by atoms with Gasteiger partial charge in [-0.25, -0.2) is 4.98 Å². The molecule has 0 saturated carbocycles. The molecule has 6 heteroatoms. The fourth-order valence-electron chi connectivity index (χ4n) is 4.26. The molecule has 2 N–H and O–H groups in total. The van der Waals surface area contributed by atoms with E-state index in [2.05, 4.69) is 40.2 Å². The van der Waals surface area contributed by atoms with Crippen LogP contribution < -0.4 is 15.4 Å². The summed E-state index contributed by atoms with van der Waals surface area (Å²) < 4.78 is 0. The van der Waals surface area contributed by atoms with Gasteiger partial charge in [-0.2, -0.15) is 0 Å². The van der Waals surface area contributed by atoms with Gasteiger partial charge in [0.15, 0.2) is 5.82 Å². The quantitative estimate of drug-likeness (QED) is 0.735. The van der Waals surface area contributed by atoms with Crippen LogP contribution >= 0.6 is 11.3 Å². The van der Waals surface area contributed by atoms with Crippen LogP contribution in [0.25, 0.3) is 10.2 Å². The van der Waals surface area contributed by atoms with Crippen LogP contribution in [0.2, 0.25) is 0 Å². The summed E-state index contributed by atoms with van der Waals surface area (Å²) in [5.41, 5.74) is 2.62. The maximum atomic E-state index is 12.6. The molecule has 26 heavy (non-hydrogen) atoms.